The highest BCUT2D eigenvalue weighted by atomic mass is 32.1. The standard InChI is InChI=1S/C14H16N2O2S/c1-2-12-8-16(14(19)15-13(12)17)10-18-9-11-6-4-3-5-7-11/h3-8H,2,9-10H2,1H3,(H,15,17,19). The SMILES string of the molecule is CCc1cn(COCc2ccccc2)c(=S)[nH]c1=O. The summed E-state index contributed by atoms with van der Waals surface area (Å²) in [6, 6.07) is 9.92. The Kier molecular flexibility index (Phi) is 4.65. The van der Waals surface area contributed by atoms with Gasteiger partial charge in [-0.3, -0.25) is 9.78 Å². The third kappa shape index (κ3) is 3.62. The van der Waals surface area contributed by atoms with Crippen molar-refractivity contribution in [1.82, 2.24) is 9.55 Å². The van der Waals surface area contributed by atoms with Gasteiger partial charge >= 0.3 is 0 Å². The van der Waals surface area contributed by atoms with E-state index in [1.807, 2.05) is 37.3 Å². The zero-order valence-electron chi connectivity index (χ0n) is 10.8. The first-order valence-electron chi connectivity index (χ1n) is 6.15. The molecule has 0 unspecified atom stereocenters. The predicted molar refractivity (Wildman–Crippen MR) is 76.5 cm³/mol. The molecule has 0 radical (unpaired) electrons. The monoisotopic (exact) mass is 276 g/mol. The molecule has 2 aromatic rings. The van der Waals surface area contributed by atoms with Crippen molar-refractivity contribution in [2.45, 2.75) is 26.7 Å². The number of benzene rings is 1. The summed E-state index contributed by atoms with van der Waals surface area (Å²) in [5.41, 5.74) is 1.69. The number of ether oxygens (including phenoxy) is 1. The summed E-state index contributed by atoms with van der Waals surface area (Å²) in [4.78, 5) is 14.2. The van der Waals surface area contributed by atoms with E-state index in [0.717, 1.165) is 5.56 Å². The number of aryl methyl sites for hydroxylation is 1. The van der Waals surface area contributed by atoms with E-state index in [4.69, 9.17) is 17.0 Å². The molecule has 4 nitrogen and oxygen atoms in total. The summed E-state index contributed by atoms with van der Waals surface area (Å²) in [5.74, 6) is 0. The average Bonchev–Trinajstić information content (AvgIpc) is 2.42. The Bertz CT molecular complexity index is 646. The van der Waals surface area contributed by atoms with Crippen molar-refractivity contribution in [1.29, 1.82) is 0 Å². The van der Waals surface area contributed by atoms with Crippen molar-refractivity contribution in [2.75, 3.05) is 0 Å². The zero-order valence-corrected chi connectivity index (χ0v) is 11.6. The van der Waals surface area contributed by atoms with Crippen LogP contribution in [0.25, 0.3) is 0 Å². The van der Waals surface area contributed by atoms with Crippen LogP contribution in [0.4, 0.5) is 0 Å². The van der Waals surface area contributed by atoms with Gasteiger partial charge in [0, 0.05) is 11.8 Å². The van der Waals surface area contributed by atoms with Crippen LogP contribution in [0.1, 0.15) is 18.1 Å². The van der Waals surface area contributed by atoms with E-state index in [2.05, 4.69) is 4.98 Å². The van der Waals surface area contributed by atoms with Crippen LogP contribution in [-0.2, 0) is 24.5 Å². The first kappa shape index (κ1) is 13.7. The molecule has 0 saturated carbocycles. The third-order valence-electron chi connectivity index (χ3n) is 2.81. The minimum absolute atomic E-state index is 0.119. The van der Waals surface area contributed by atoms with Crippen molar-refractivity contribution in [2.24, 2.45) is 0 Å². The Morgan fingerprint density at radius 2 is 2.05 bits per heavy atom. The maximum absolute atomic E-state index is 11.5. The maximum atomic E-state index is 11.5. The average molecular weight is 276 g/mol. The lowest BCUT2D eigenvalue weighted by Gasteiger charge is -2.09. The fourth-order valence-electron chi connectivity index (χ4n) is 1.74. The summed E-state index contributed by atoms with van der Waals surface area (Å²) < 4.78 is 7.72. The summed E-state index contributed by atoms with van der Waals surface area (Å²) in [7, 11) is 0. The fourth-order valence-corrected chi connectivity index (χ4v) is 1.94. The van der Waals surface area contributed by atoms with E-state index >= 15 is 0 Å². The van der Waals surface area contributed by atoms with Crippen LogP contribution in [0, 0.1) is 4.77 Å². The predicted octanol–water partition coefficient (Wildman–Crippen LogP) is 2.64. The lowest BCUT2D eigenvalue weighted by atomic mass is 10.2. The Labute approximate surface area is 116 Å². The third-order valence-corrected chi connectivity index (χ3v) is 3.14. The summed E-state index contributed by atoms with van der Waals surface area (Å²) in [5, 5.41) is 0. The first-order chi connectivity index (χ1) is 9.20. The molecular weight excluding hydrogens is 260 g/mol. The molecule has 0 bridgehead atoms. The minimum atomic E-state index is -0.119. The van der Waals surface area contributed by atoms with Gasteiger partial charge in [0.1, 0.15) is 6.73 Å². The summed E-state index contributed by atoms with van der Waals surface area (Å²) in [6.45, 7) is 2.78. The molecule has 19 heavy (non-hydrogen) atoms. The number of nitrogens with one attached hydrogen (secondary N) is 1. The van der Waals surface area contributed by atoms with Gasteiger partial charge in [0.25, 0.3) is 5.56 Å². The van der Waals surface area contributed by atoms with Crippen molar-refractivity contribution < 1.29 is 4.74 Å². The van der Waals surface area contributed by atoms with Gasteiger partial charge < -0.3 is 9.30 Å². The lowest BCUT2D eigenvalue weighted by molar-refractivity contribution is 0.0618. The molecule has 1 aromatic heterocycles. The molecule has 0 fully saturated rings. The van der Waals surface area contributed by atoms with Crippen molar-refractivity contribution in [3.63, 3.8) is 0 Å². The number of H-pyrrole nitrogens is 1. The van der Waals surface area contributed by atoms with Gasteiger partial charge in [-0.2, -0.15) is 0 Å². The second kappa shape index (κ2) is 6.45. The largest absolute Gasteiger partial charge is 0.356 e. The van der Waals surface area contributed by atoms with Gasteiger partial charge in [0.05, 0.1) is 6.61 Å². The Hall–Kier alpha value is -1.72. The van der Waals surface area contributed by atoms with Crippen LogP contribution in [0.15, 0.2) is 41.3 Å². The van der Waals surface area contributed by atoms with Gasteiger partial charge in [-0.15, -0.1) is 0 Å². The number of hydrogen-bond donors (Lipinski definition) is 1. The van der Waals surface area contributed by atoms with E-state index in [1.54, 1.807) is 10.8 Å². The minimum Gasteiger partial charge on any atom is -0.356 e. The van der Waals surface area contributed by atoms with Crippen molar-refractivity contribution >= 4 is 12.2 Å². The molecule has 1 N–H and O–H groups in total. The van der Waals surface area contributed by atoms with E-state index in [0.29, 0.717) is 30.1 Å². The summed E-state index contributed by atoms with van der Waals surface area (Å²) >= 11 is 5.10. The van der Waals surface area contributed by atoms with E-state index in [1.165, 1.54) is 0 Å². The normalized spacial score (nSPS) is 10.6. The molecule has 100 valence electrons. The van der Waals surface area contributed by atoms with Crippen LogP contribution < -0.4 is 5.56 Å². The molecule has 1 aromatic carbocycles. The van der Waals surface area contributed by atoms with Crippen LogP contribution in [-0.4, -0.2) is 9.55 Å². The Morgan fingerprint density at radius 1 is 1.32 bits per heavy atom. The van der Waals surface area contributed by atoms with Gasteiger partial charge in [0.2, 0.25) is 0 Å². The van der Waals surface area contributed by atoms with Gasteiger partial charge in [-0.1, -0.05) is 37.3 Å². The lowest BCUT2D eigenvalue weighted by Crippen LogP contribution is -2.18. The maximum Gasteiger partial charge on any atom is 0.254 e. The highest BCUT2D eigenvalue weighted by Crippen LogP contribution is 2.02. The van der Waals surface area contributed by atoms with Crippen LogP contribution in [0.2, 0.25) is 0 Å². The molecule has 0 aliphatic rings. The molecule has 0 amide bonds. The number of aromatic amines is 1. The highest BCUT2D eigenvalue weighted by molar-refractivity contribution is 7.71. The number of nitrogens with zero attached hydrogens (tertiary/aromatic N) is 1. The van der Waals surface area contributed by atoms with E-state index in [9.17, 15) is 4.79 Å². The Balaban J connectivity index is 2.04. The molecule has 0 aliphatic carbocycles. The van der Waals surface area contributed by atoms with Gasteiger partial charge in [-0.25, -0.2) is 0 Å². The first-order valence-corrected chi connectivity index (χ1v) is 6.56. The fraction of sp³-hybridized carbons (Fsp3) is 0.286. The molecule has 0 atom stereocenters. The van der Waals surface area contributed by atoms with Crippen LogP contribution >= 0.6 is 12.2 Å². The van der Waals surface area contributed by atoms with Crippen molar-refractivity contribution in [3.05, 3.63) is 62.8 Å². The number of hydrogen-bond acceptors (Lipinski definition) is 3. The molecular formula is C14H16N2O2S. The summed E-state index contributed by atoms with van der Waals surface area (Å²) in [6.07, 6.45) is 2.43. The molecule has 2 rings (SSSR count). The highest BCUT2D eigenvalue weighted by Gasteiger charge is 2.01. The molecule has 0 aliphatic heterocycles. The quantitative estimate of drug-likeness (QED) is 0.854. The van der Waals surface area contributed by atoms with Crippen molar-refractivity contribution in [3.8, 4) is 0 Å². The van der Waals surface area contributed by atoms with E-state index < -0.39 is 0 Å². The smallest absolute Gasteiger partial charge is 0.254 e. The molecule has 0 saturated heterocycles. The van der Waals surface area contributed by atoms with Crippen LogP contribution in [0.3, 0.4) is 0 Å². The topological polar surface area (TPSA) is 47.0 Å². The second-order valence-corrected chi connectivity index (χ2v) is 4.59. The second-order valence-electron chi connectivity index (χ2n) is 4.20. The number of rotatable bonds is 5. The molecule has 5 heteroatoms. The number of aromatic nitrogens is 2. The Morgan fingerprint density at radius 3 is 2.74 bits per heavy atom. The van der Waals surface area contributed by atoms with Gasteiger partial charge in [0.15, 0.2) is 4.77 Å². The molecule has 0 spiro atoms. The van der Waals surface area contributed by atoms with Crippen LogP contribution in [0.5, 0.6) is 0 Å². The molecule has 1 heterocycles. The van der Waals surface area contributed by atoms with Gasteiger partial charge in [-0.05, 0) is 24.2 Å². The van der Waals surface area contributed by atoms with E-state index in [-0.39, 0.29) is 5.56 Å². The zero-order chi connectivity index (χ0) is 13.7.